The third-order valence-electron chi connectivity index (χ3n) is 4.53. The van der Waals surface area contributed by atoms with Crippen LogP contribution in [0.5, 0.6) is 0 Å². The number of likely N-dealkylation sites (N-methyl/N-ethyl adjacent to an activating group) is 1. The monoisotopic (exact) mass is 290 g/mol. The van der Waals surface area contributed by atoms with Gasteiger partial charge in [0.1, 0.15) is 0 Å². The molecule has 118 valence electrons. The van der Waals surface area contributed by atoms with Crippen molar-refractivity contribution in [1.82, 2.24) is 4.90 Å². The molecule has 2 N–H and O–H groups in total. The number of rotatable bonds is 5. The number of nitrogens with two attached hydrogens (primary N) is 1. The van der Waals surface area contributed by atoms with Crippen LogP contribution in [0.25, 0.3) is 0 Å². The molecule has 1 aromatic carbocycles. The predicted molar refractivity (Wildman–Crippen MR) is 88.6 cm³/mol. The normalized spacial score (nSPS) is 18.2. The lowest BCUT2D eigenvalue weighted by Gasteiger charge is -2.29. The maximum absolute atomic E-state index is 6.49. The SMILES string of the molecule is Cc1cc(C)c(C(N)CN(C)CC2CCOCC2)c(C)c1. The second-order valence-electron chi connectivity index (χ2n) is 6.70. The fraction of sp³-hybridized carbons (Fsp3) is 0.667. The van der Waals surface area contributed by atoms with Crippen LogP contribution >= 0.6 is 0 Å². The van der Waals surface area contributed by atoms with Crippen LogP contribution in [-0.2, 0) is 4.74 Å². The smallest absolute Gasteiger partial charge is 0.0469 e. The molecule has 1 atom stereocenters. The Hall–Kier alpha value is -0.900. The van der Waals surface area contributed by atoms with Gasteiger partial charge in [-0.2, -0.15) is 0 Å². The maximum atomic E-state index is 6.49. The van der Waals surface area contributed by atoms with Crippen LogP contribution < -0.4 is 5.73 Å². The number of ether oxygens (including phenoxy) is 1. The highest BCUT2D eigenvalue weighted by Crippen LogP contribution is 2.23. The minimum Gasteiger partial charge on any atom is -0.381 e. The number of aryl methyl sites for hydroxylation is 3. The standard InChI is InChI=1S/C18H30N2O/c1-13-9-14(2)18(15(3)10-13)17(19)12-20(4)11-16-5-7-21-8-6-16/h9-10,16-17H,5-8,11-12,19H2,1-4H3. The minimum atomic E-state index is 0.0930. The molecule has 1 fully saturated rings. The van der Waals surface area contributed by atoms with Gasteiger partial charge in [0.05, 0.1) is 0 Å². The maximum Gasteiger partial charge on any atom is 0.0469 e. The zero-order valence-electron chi connectivity index (χ0n) is 14.0. The van der Waals surface area contributed by atoms with Crippen LogP contribution in [0.4, 0.5) is 0 Å². The first-order valence-corrected chi connectivity index (χ1v) is 8.07. The van der Waals surface area contributed by atoms with Gasteiger partial charge in [-0.15, -0.1) is 0 Å². The lowest BCUT2D eigenvalue weighted by molar-refractivity contribution is 0.0551. The van der Waals surface area contributed by atoms with Crippen molar-refractivity contribution in [3.63, 3.8) is 0 Å². The van der Waals surface area contributed by atoms with Crippen molar-refractivity contribution >= 4 is 0 Å². The quantitative estimate of drug-likeness (QED) is 0.906. The van der Waals surface area contributed by atoms with Gasteiger partial charge in [-0.25, -0.2) is 0 Å². The van der Waals surface area contributed by atoms with Crippen molar-refractivity contribution in [1.29, 1.82) is 0 Å². The molecule has 1 aromatic rings. The van der Waals surface area contributed by atoms with Crippen molar-refractivity contribution in [3.8, 4) is 0 Å². The zero-order chi connectivity index (χ0) is 15.4. The molecule has 0 aromatic heterocycles. The Morgan fingerprint density at radius 2 is 1.76 bits per heavy atom. The van der Waals surface area contributed by atoms with Crippen LogP contribution in [0.1, 0.15) is 41.1 Å². The van der Waals surface area contributed by atoms with Gasteiger partial charge < -0.3 is 15.4 Å². The molecule has 1 aliphatic rings. The average Bonchev–Trinajstić information content (AvgIpc) is 2.38. The summed E-state index contributed by atoms with van der Waals surface area (Å²) in [5, 5.41) is 0. The molecule has 0 amide bonds. The summed E-state index contributed by atoms with van der Waals surface area (Å²) >= 11 is 0. The second kappa shape index (κ2) is 7.39. The molecule has 1 heterocycles. The summed E-state index contributed by atoms with van der Waals surface area (Å²) in [4.78, 5) is 2.39. The predicted octanol–water partition coefficient (Wildman–Crippen LogP) is 2.97. The highest BCUT2D eigenvalue weighted by molar-refractivity contribution is 5.39. The van der Waals surface area contributed by atoms with Crippen LogP contribution in [0.3, 0.4) is 0 Å². The van der Waals surface area contributed by atoms with Gasteiger partial charge in [-0.3, -0.25) is 0 Å². The van der Waals surface area contributed by atoms with Gasteiger partial charge >= 0.3 is 0 Å². The van der Waals surface area contributed by atoms with Gasteiger partial charge in [-0.05, 0) is 63.3 Å². The fourth-order valence-corrected chi connectivity index (χ4v) is 3.65. The Morgan fingerprint density at radius 3 is 2.33 bits per heavy atom. The number of benzene rings is 1. The molecule has 3 heteroatoms. The van der Waals surface area contributed by atoms with E-state index in [1.54, 1.807) is 0 Å². The Balaban J connectivity index is 1.95. The van der Waals surface area contributed by atoms with Crippen molar-refractivity contribution in [3.05, 3.63) is 34.4 Å². The van der Waals surface area contributed by atoms with Crippen LogP contribution in [0.2, 0.25) is 0 Å². The Kier molecular flexibility index (Phi) is 5.80. The highest BCUT2D eigenvalue weighted by atomic mass is 16.5. The van der Waals surface area contributed by atoms with Crippen LogP contribution in [0, 0.1) is 26.7 Å². The zero-order valence-corrected chi connectivity index (χ0v) is 14.0. The fourth-order valence-electron chi connectivity index (χ4n) is 3.65. The van der Waals surface area contributed by atoms with E-state index in [1.807, 2.05) is 0 Å². The van der Waals surface area contributed by atoms with Gasteiger partial charge in [0.15, 0.2) is 0 Å². The van der Waals surface area contributed by atoms with E-state index in [4.69, 9.17) is 10.5 Å². The first-order valence-electron chi connectivity index (χ1n) is 8.07. The summed E-state index contributed by atoms with van der Waals surface area (Å²) in [6.07, 6.45) is 2.37. The molecule has 0 radical (unpaired) electrons. The second-order valence-corrected chi connectivity index (χ2v) is 6.70. The van der Waals surface area contributed by atoms with E-state index in [0.29, 0.717) is 0 Å². The van der Waals surface area contributed by atoms with E-state index in [0.717, 1.165) is 32.2 Å². The van der Waals surface area contributed by atoms with Gasteiger partial charge in [0.2, 0.25) is 0 Å². The summed E-state index contributed by atoms with van der Waals surface area (Å²) in [6, 6.07) is 4.57. The van der Waals surface area contributed by atoms with Crippen molar-refractivity contribution in [2.24, 2.45) is 11.7 Å². The van der Waals surface area contributed by atoms with Gasteiger partial charge in [0.25, 0.3) is 0 Å². The average molecular weight is 290 g/mol. The molecule has 1 saturated heterocycles. The van der Waals surface area contributed by atoms with Gasteiger partial charge in [0, 0.05) is 32.3 Å². The summed E-state index contributed by atoms with van der Waals surface area (Å²) < 4.78 is 5.43. The topological polar surface area (TPSA) is 38.5 Å². The van der Waals surface area contributed by atoms with E-state index < -0.39 is 0 Å². The number of hydrogen-bond acceptors (Lipinski definition) is 3. The third-order valence-corrected chi connectivity index (χ3v) is 4.53. The molecular formula is C18H30N2O. The summed E-state index contributed by atoms with van der Waals surface area (Å²) in [5.41, 5.74) is 11.8. The van der Waals surface area contributed by atoms with Crippen LogP contribution in [0.15, 0.2) is 12.1 Å². The molecule has 21 heavy (non-hydrogen) atoms. The Labute approximate surface area is 129 Å². The molecule has 2 rings (SSSR count). The minimum absolute atomic E-state index is 0.0930. The largest absolute Gasteiger partial charge is 0.381 e. The number of hydrogen-bond donors (Lipinski definition) is 1. The number of nitrogens with zero attached hydrogens (tertiary/aromatic N) is 1. The van der Waals surface area contributed by atoms with Crippen LogP contribution in [-0.4, -0.2) is 38.3 Å². The third kappa shape index (κ3) is 4.53. The van der Waals surface area contributed by atoms with E-state index in [1.165, 1.54) is 35.1 Å². The lowest BCUT2D eigenvalue weighted by Crippen LogP contribution is -2.35. The Bertz CT molecular complexity index is 443. The molecule has 0 bridgehead atoms. The molecule has 1 unspecified atom stereocenters. The Morgan fingerprint density at radius 1 is 1.19 bits per heavy atom. The molecule has 1 aliphatic heterocycles. The van der Waals surface area contributed by atoms with Crippen molar-refractivity contribution in [2.75, 3.05) is 33.4 Å². The highest BCUT2D eigenvalue weighted by Gasteiger charge is 2.19. The summed E-state index contributed by atoms with van der Waals surface area (Å²) in [5.74, 6) is 0.760. The molecule has 0 aliphatic carbocycles. The summed E-state index contributed by atoms with van der Waals surface area (Å²) in [6.45, 7) is 10.4. The van der Waals surface area contributed by atoms with E-state index in [-0.39, 0.29) is 6.04 Å². The summed E-state index contributed by atoms with van der Waals surface area (Å²) in [7, 11) is 2.19. The lowest BCUT2D eigenvalue weighted by atomic mass is 9.93. The molecule has 0 saturated carbocycles. The van der Waals surface area contributed by atoms with E-state index in [9.17, 15) is 0 Å². The van der Waals surface area contributed by atoms with E-state index >= 15 is 0 Å². The molecule has 3 nitrogen and oxygen atoms in total. The van der Waals surface area contributed by atoms with Crippen molar-refractivity contribution in [2.45, 2.75) is 39.7 Å². The van der Waals surface area contributed by atoms with Gasteiger partial charge in [-0.1, -0.05) is 17.7 Å². The van der Waals surface area contributed by atoms with Crippen molar-refractivity contribution < 1.29 is 4.74 Å². The first kappa shape index (κ1) is 16.5. The van der Waals surface area contributed by atoms with E-state index in [2.05, 4.69) is 44.9 Å². The molecule has 0 spiro atoms. The molecular weight excluding hydrogens is 260 g/mol. The first-order chi connectivity index (χ1) is 9.97.